The lowest BCUT2D eigenvalue weighted by molar-refractivity contribution is 0.119. The van der Waals surface area contributed by atoms with E-state index in [1.165, 1.54) is 0 Å². The second-order valence-electron chi connectivity index (χ2n) is 3.49. The highest BCUT2D eigenvalue weighted by molar-refractivity contribution is 7.57. The van der Waals surface area contributed by atoms with Gasteiger partial charge in [-0.25, -0.2) is 0 Å². The Morgan fingerprint density at radius 1 is 1.00 bits per heavy atom. The first kappa shape index (κ1) is 17.0. The summed E-state index contributed by atoms with van der Waals surface area (Å²) in [7, 11) is -3.28. The average molecular weight is 276 g/mol. The molecule has 0 unspecified atom stereocenters. The maximum atomic E-state index is 12.0. The minimum absolute atomic E-state index is 0.136. The zero-order valence-corrected chi connectivity index (χ0v) is 11.9. The van der Waals surface area contributed by atoms with Crippen LogP contribution in [0.1, 0.15) is 13.8 Å². The second-order valence-corrected chi connectivity index (χ2v) is 5.45. The minimum atomic E-state index is -3.28. The largest absolute Gasteiger partial charge is 0.496 e. The Morgan fingerprint density at radius 3 is 1.67 bits per heavy atom. The molecule has 18 heavy (non-hydrogen) atoms. The van der Waals surface area contributed by atoms with Gasteiger partial charge in [-0.05, 0) is 13.8 Å². The molecule has 0 atom stereocenters. The van der Waals surface area contributed by atoms with E-state index in [1.807, 2.05) is 0 Å². The van der Waals surface area contributed by atoms with Gasteiger partial charge < -0.3 is 18.5 Å². The third kappa shape index (κ3) is 9.05. The summed E-state index contributed by atoms with van der Waals surface area (Å²) in [6, 6.07) is 0. The van der Waals surface area contributed by atoms with E-state index in [0.717, 1.165) is 5.82 Å². The van der Waals surface area contributed by atoms with Crippen LogP contribution in [0.3, 0.4) is 0 Å². The topological polar surface area (TPSA) is 54.0 Å². The van der Waals surface area contributed by atoms with Crippen LogP contribution in [-0.2, 0) is 23.1 Å². The van der Waals surface area contributed by atoms with Crippen LogP contribution in [0, 0.1) is 0 Å². The maximum absolute atomic E-state index is 12.0. The van der Waals surface area contributed by atoms with E-state index >= 15 is 0 Å². The van der Waals surface area contributed by atoms with Crippen molar-refractivity contribution in [2.24, 2.45) is 0 Å². The Balaban J connectivity index is 3.88. The molecule has 0 bridgehead atoms. The lowest BCUT2D eigenvalue weighted by Gasteiger charge is -2.15. The van der Waals surface area contributed by atoms with Crippen LogP contribution in [0.4, 0.5) is 0 Å². The molecular weight excluding hydrogens is 255 g/mol. The molecule has 0 aliphatic carbocycles. The Kier molecular flexibility index (Phi) is 8.46. The number of ether oxygens (including phenoxy) is 2. The Morgan fingerprint density at radius 2 is 1.39 bits per heavy atom. The van der Waals surface area contributed by atoms with Gasteiger partial charge in [0.2, 0.25) is 0 Å². The van der Waals surface area contributed by atoms with E-state index in [9.17, 15) is 4.57 Å². The predicted molar refractivity (Wildman–Crippen MR) is 71.2 cm³/mol. The van der Waals surface area contributed by atoms with Crippen molar-refractivity contribution in [2.75, 3.05) is 26.4 Å². The summed E-state index contributed by atoms with van der Waals surface area (Å²) in [5, 5.41) is 0. The average Bonchev–Trinajstić information content (AvgIpc) is 2.30. The van der Waals surface area contributed by atoms with Crippen molar-refractivity contribution < 1.29 is 23.1 Å². The van der Waals surface area contributed by atoms with Crippen molar-refractivity contribution in [3.05, 3.63) is 37.1 Å². The van der Waals surface area contributed by atoms with Crippen LogP contribution in [-0.4, -0.2) is 26.4 Å². The third-order valence-corrected chi connectivity index (χ3v) is 3.16. The van der Waals surface area contributed by atoms with Gasteiger partial charge >= 0.3 is 7.60 Å². The fourth-order valence-electron chi connectivity index (χ4n) is 0.903. The lowest BCUT2D eigenvalue weighted by atomic mass is 10.6. The highest BCUT2D eigenvalue weighted by Gasteiger charge is 2.19. The van der Waals surface area contributed by atoms with Crippen molar-refractivity contribution in [2.45, 2.75) is 13.8 Å². The summed E-state index contributed by atoms with van der Waals surface area (Å²) in [5.74, 6) is 2.31. The highest BCUT2D eigenvalue weighted by Crippen LogP contribution is 2.48. The molecule has 0 aliphatic rings. The first-order valence-electron chi connectivity index (χ1n) is 5.48. The summed E-state index contributed by atoms with van der Waals surface area (Å²) in [6.45, 7) is 14.8. The summed E-state index contributed by atoms with van der Waals surface area (Å²) < 4.78 is 32.3. The molecule has 0 aromatic carbocycles. The normalized spacial score (nSPS) is 10.8. The Hall–Kier alpha value is -1.03. The molecule has 0 aromatic heterocycles. The third-order valence-electron chi connectivity index (χ3n) is 1.63. The van der Waals surface area contributed by atoms with Gasteiger partial charge in [-0.15, -0.1) is 0 Å². The van der Waals surface area contributed by atoms with E-state index in [4.69, 9.17) is 18.5 Å². The zero-order valence-electron chi connectivity index (χ0n) is 11.0. The standard InChI is InChI=1S/C12H21O5P/c1-6-18(13,16-9-7-14-11(2)3)17-10-8-15-12(4)5/h6H,1-2,4,7-10H2,3,5H3. The highest BCUT2D eigenvalue weighted by atomic mass is 31.2. The fourth-order valence-corrected chi connectivity index (χ4v) is 1.85. The van der Waals surface area contributed by atoms with Gasteiger partial charge in [0.25, 0.3) is 0 Å². The van der Waals surface area contributed by atoms with Crippen LogP contribution in [0.5, 0.6) is 0 Å². The monoisotopic (exact) mass is 276 g/mol. The van der Waals surface area contributed by atoms with Gasteiger partial charge in [0.05, 0.1) is 24.7 Å². The predicted octanol–water partition coefficient (Wildman–Crippen LogP) is 3.46. The van der Waals surface area contributed by atoms with Crippen LogP contribution >= 0.6 is 7.60 Å². The second kappa shape index (κ2) is 8.97. The molecule has 6 heteroatoms. The first-order valence-corrected chi connectivity index (χ1v) is 7.10. The molecule has 0 saturated heterocycles. The summed E-state index contributed by atoms with van der Waals surface area (Å²) in [6.07, 6.45) is 0. The maximum Gasteiger partial charge on any atom is 0.353 e. The van der Waals surface area contributed by atoms with Crippen LogP contribution in [0.2, 0.25) is 0 Å². The van der Waals surface area contributed by atoms with Crippen LogP contribution < -0.4 is 0 Å². The van der Waals surface area contributed by atoms with Gasteiger partial charge in [-0.1, -0.05) is 19.7 Å². The molecule has 0 heterocycles. The molecule has 0 saturated carbocycles. The SMILES string of the molecule is C=CP(=O)(OCCOC(=C)C)OCCOC(=C)C. The van der Waals surface area contributed by atoms with E-state index in [1.54, 1.807) is 13.8 Å². The van der Waals surface area contributed by atoms with E-state index in [0.29, 0.717) is 11.5 Å². The molecule has 104 valence electrons. The summed E-state index contributed by atoms with van der Waals surface area (Å²) >= 11 is 0. The number of allylic oxidation sites excluding steroid dienone is 2. The molecule has 0 aromatic rings. The van der Waals surface area contributed by atoms with Crippen molar-refractivity contribution in [3.63, 3.8) is 0 Å². The molecule has 5 nitrogen and oxygen atoms in total. The van der Waals surface area contributed by atoms with E-state index in [2.05, 4.69) is 19.7 Å². The molecular formula is C12H21O5P. The van der Waals surface area contributed by atoms with Crippen molar-refractivity contribution in [1.82, 2.24) is 0 Å². The minimum Gasteiger partial charge on any atom is -0.496 e. The number of hydrogen-bond donors (Lipinski definition) is 0. The Labute approximate surface area is 109 Å². The van der Waals surface area contributed by atoms with Gasteiger partial charge in [0, 0.05) is 5.82 Å². The smallest absolute Gasteiger partial charge is 0.353 e. The van der Waals surface area contributed by atoms with Gasteiger partial charge in [0.1, 0.15) is 13.2 Å². The van der Waals surface area contributed by atoms with Gasteiger partial charge in [-0.3, -0.25) is 4.57 Å². The molecule has 0 spiro atoms. The molecule has 0 aliphatic heterocycles. The molecule has 0 rings (SSSR count). The number of hydrogen-bond acceptors (Lipinski definition) is 5. The molecule has 0 radical (unpaired) electrons. The van der Waals surface area contributed by atoms with Crippen molar-refractivity contribution >= 4 is 7.60 Å². The molecule has 0 N–H and O–H groups in total. The zero-order chi connectivity index (χ0) is 14.0. The summed E-state index contributed by atoms with van der Waals surface area (Å²) in [4.78, 5) is 0. The number of rotatable bonds is 11. The quantitative estimate of drug-likeness (QED) is 0.328. The van der Waals surface area contributed by atoms with Crippen LogP contribution in [0.25, 0.3) is 0 Å². The van der Waals surface area contributed by atoms with Gasteiger partial charge in [0.15, 0.2) is 0 Å². The van der Waals surface area contributed by atoms with Crippen LogP contribution in [0.15, 0.2) is 37.1 Å². The van der Waals surface area contributed by atoms with E-state index in [-0.39, 0.29) is 26.4 Å². The molecule has 0 fully saturated rings. The summed E-state index contributed by atoms with van der Waals surface area (Å²) in [5.41, 5.74) is 0. The van der Waals surface area contributed by atoms with E-state index < -0.39 is 7.60 Å². The van der Waals surface area contributed by atoms with Crippen molar-refractivity contribution in [1.29, 1.82) is 0 Å². The first-order chi connectivity index (χ1) is 8.39. The lowest BCUT2D eigenvalue weighted by Crippen LogP contribution is -2.05. The van der Waals surface area contributed by atoms with Gasteiger partial charge in [-0.2, -0.15) is 0 Å². The van der Waals surface area contributed by atoms with Crippen molar-refractivity contribution in [3.8, 4) is 0 Å². The molecule has 0 amide bonds. The Bertz CT molecular complexity index is 311. The fraction of sp³-hybridized carbons (Fsp3) is 0.500.